The van der Waals surface area contributed by atoms with Crippen molar-refractivity contribution in [1.29, 1.82) is 0 Å². The highest BCUT2D eigenvalue weighted by Gasteiger charge is 2.19. The van der Waals surface area contributed by atoms with Crippen LogP contribution < -0.4 is 4.90 Å². The SMILES string of the molecule is C=C(C)CN(c1ccc(F)c(F)c1)c1nc(Cl)nc(Cl)c1Br. The van der Waals surface area contributed by atoms with Gasteiger partial charge in [0.25, 0.3) is 0 Å². The Bertz CT molecular complexity index is 740. The van der Waals surface area contributed by atoms with Crippen molar-refractivity contribution in [3.05, 3.63) is 56.9 Å². The molecule has 0 bridgehead atoms. The van der Waals surface area contributed by atoms with Crippen LogP contribution in [0.3, 0.4) is 0 Å². The first-order valence-corrected chi connectivity index (χ1v) is 7.60. The van der Waals surface area contributed by atoms with Crippen LogP contribution in [0.2, 0.25) is 10.4 Å². The van der Waals surface area contributed by atoms with Gasteiger partial charge in [0.15, 0.2) is 17.5 Å². The maximum Gasteiger partial charge on any atom is 0.225 e. The Morgan fingerprint density at radius 2 is 1.95 bits per heavy atom. The van der Waals surface area contributed by atoms with E-state index in [2.05, 4.69) is 32.5 Å². The number of nitrogens with zero attached hydrogens (tertiary/aromatic N) is 3. The second kappa shape index (κ2) is 6.89. The van der Waals surface area contributed by atoms with E-state index in [-0.39, 0.29) is 10.4 Å². The number of anilines is 2. The summed E-state index contributed by atoms with van der Waals surface area (Å²) >= 11 is 15.1. The van der Waals surface area contributed by atoms with Gasteiger partial charge in [0, 0.05) is 18.3 Å². The first-order valence-electron chi connectivity index (χ1n) is 6.05. The van der Waals surface area contributed by atoms with Crippen LogP contribution in [0.15, 0.2) is 34.8 Å². The zero-order chi connectivity index (χ0) is 16.4. The van der Waals surface area contributed by atoms with Gasteiger partial charge in [-0.05, 0) is 46.6 Å². The molecule has 8 heteroatoms. The van der Waals surface area contributed by atoms with Crippen LogP contribution in [0.5, 0.6) is 0 Å². The fourth-order valence-corrected chi connectivity index (χ4v) is 2.54. The number of aromatic nitrogens is 2. The standard InChI is InChI=1S/C14H10BrCl2F2N3/c1-7(2)6-22(8-3-4-9(18)10(19)5-8)13-11(15)12(16)20-14(17)21-13/h3-5H,1,6H2,2H3. The van der Waals surface area contributed by atoms with Gasteiger partial charge in [-0.3, -0.25) is 0 Å². The molecule has 0 fully saturated rings. The average Bonchev–Trinajstić information content (AvgIpc) is 2.43. The monoisotopic (exact) mass is 407 g/mol. The van der Waals surface area contributed by atoms with E-state index in [1.165, 1.54) is 6.07 Å². The molecule has 0 unspecified atom stereocenters. The highest BCUT2D eigenvalue weighted by molar-refractivity contribution is 9.10. The van der Waals surface area contributed by atoms with Crippen LogP contribution in [0.4, 0.5) is 20.3 Å². The number of rotatable bonds is 4. The zero-order valence-electron chi connectivity index (χ0n) is 11.4. The number of hydrogen-bond donors (Lipinski definition) is 0. The van der Waals surface area contributed by atoms with Crippen LogP contribution in [0.1, 0.15) is 6.92 Å². The van der Waals surface area contributed by atoms with E-state index < -0.39 is 11.6 Å². The second-order valence-electron chi connectivity index (χ2n) is 4.56. The summed E-state index contributed by atoms with van der Waals surface area (Å²) in [5.41, 5.74) is 1.16. The Morgan fingerprint density at radius 3 is 2.55 bits per heavy atom. The summed E-state index contributed by atoms with van der Waals surface area (Å²) in [6.07, 6.45) is 0. The van der Waals surface area contributed by atoms with E-state index >= 15 is 0 Å². The predicted octanol–water partition coefficient (Wildman–Crippen LogP) is 5.54. The van der Waals surface area contributed by atoms with Crippen molar-refractivity contribution in [2.45, 2.75) is 6.92 Å². The third-order valence-electron chi connectivity index (χ3n) is 2.66. The molecule has 22 heavy (non-hydrogen) atoms. The van der Waals surface area contributed by atoms with E-state index in [1.54, 1.807) is 11.8 Å². The largest absolute Gasteiger partial charge is 0.321 e. The van der Waals surface area contributed by atoms with Gasteiger partial charge in [-0.15, -0.1) is 0 Å². The third-order valence-corrected chi connectivity index (χ3v) is 4.07. The van der Waals surface area contributed by atoms with Gasteiger partial charge in [-0.1, -0.05) is 23.8 Å². The van der Waals surface area contributed by atoms with Crippen LogP contribution >= 0.6 is 39.1 Å². The molecule has 2 aromatic rings. The summed E-state index contributed by atoms with van der Waals surface area (Å²) in [4.78, 5) is 9.52. The lowest BCUT2D eigenvalue weighted by Crippen LogP contribution is -2.21. The van der Waals surface area contributed by atoms with Crippen molar-refractivity contribution in [2.75, 3.05) is 11.4 Å². The summed E-state index contributed by atoms with van der Waals surface area (Å²) in [5, 5.41) is 0.0572. The molecule has 0 saturated heterocycles. The second-order valence-corrected chi connectivity index (χ2v) is 6.05. The number of hydrogen-bond acceptors (Lipinski definition) is 3. The molecule has 3 nitrogen and oxygen atoms in total. The number of benzene rings is 1. The fraction of sp³-hybridized carbons (Fsp3) is 0.143. The van der Waals surface area contributed by atoms with Crippen molar-refractivity contribution >= 4 is 50.6 Å². The molecule has 2 rings (SSSR count). The molecular formula is C14H10BrCl2F2N3. The first-order chi connectivity index (χ1) is 10.3. The Hall–Kier alpha value is -1.24. The molecule has 0 atom stereocenters. The van der Waals surface area contributed by atoms with Gasteiger partial charge in [0.2, 0.25) is 5.28 Å². The fourth-order valence-electron chi connectivity index (χ4n) is 1.77. The van der Waals surface area contributed by atoms with Gasteiger partial charge >= 0.3 is 0 Å². The molecule has 1 aromatic carbocycles. The molecule has 1 heterocycles. The molecule has 1 aromatic heterocycles. The summed E-state index contributed by atoms with van der Waals surface area (Å²) in [5.74, 6) is -1.57. The molecule has 0 spiro atoms. The Morgan fingerprint density at radius 1 is 1.27 bits per heavy atom. The van der Waals surface area contributed by atoms with Crippen LogP contribution in [0.25, 0.3) is 0 Å². The Balaban J connectivity index is 2.60. The van der Waals surface area contributed by atoms with Gasteiger partial charge in [-0.25, -0.2) is 13.8 Å². The quantitative estimate of drug-likeness (QED) is 0.378. The lowest BCUT2D eigenvalue weighted by Gasteiger charge is -2.25. The summed E-state index contributed by atoms with van der Waals surface area (Å²) in [7, 11) is 0. The van der Waals surface area contributed by atoms with Crippen molar-refractivity contribution < 1.29 is 8.78 Å². The van der Waals surface area contributed by atoms with Gasteiger partial charge < -0.3 is 4.90 Å². The Labute approximate surface area is 144 Å². The molecule has 0 aliphatic heterocycles. The van der Waals surface area contributed by atoms with Crippen LogP contribution in [-0.2, 0) is 0 Å². The highest BCUT2D eigenvalue weighted by Crippen LogP contribution is 2.36. The normalized spacial score (nSPS) is 10.6. The van der Waals surface area contributed by atoms with Crippen LogP contribution in [-0.4, -0.2) is 16.5 Å². The molecule has 0 aliphatic carbocycles. The average molecular weight is 409 g/mol. The smallest absolute Gasteiger partial charge is 0.225 e. The molecule has 0 radical (unpaired) electrons. The van der Waals surface area contributed by atoms with Crippen molar-refractivity contribution in [3.63, 3.8) is 0 Å². The lowest BCUT2D eigenvalue weighted by molar-refractivity contribution is 0.508. The molecule has 0 amide bonds. The molecular weight excluding hydrogens is 399 g/mol. The molecule has 116 valence electrons. The molecule has 0 saturated carbocycles. The van der Waals surface area contributed by atoms with E-state index in [0.717, 1.165) is 17.7 Å². The van der Waals surface area contributed by atoms with Gasteiger partial charge in [0.1, 0.15) is 5.15 Å². The van der Waals surface area contributed by atoms with Gasteiger partial charge in [0.05, 0.1) is 4.47 Å². The predicted molar refractivity (Wildman–Crippen MR) is 87.9 cm³/mol. The number of halogens is 5. The lowest BCUT2D eigenvalue weighted by atomic mass is 10.2. The molecule has 0 N–H and O–H groups in total. The van der Waals surface area contributed by atoms with E-state index in [1.807, 2.05) is 0 Å². The maximum atomic E-state index is 13.5. The van der Waals surface area contributed by atoms with Crippen molar-refractivity contribution in [2.24, 2.45) is 0 Å². The third kappa shape index (κ3) is 3.74. The minimum absolute atomic E-state index is 0.0579. The molecule has 0 aliphatic rings. The summed E-state index contributed by atoms with van der Waals surface area (Å²) < 4.78 is 27.1. The van der Waals surface area contributed by atoms with E-state index in [0.29, 0.717) is 22.5 Å². The summed E-state index contributed by atoms with van der Waals surface area (Å²) in [6.45, 7) is 5.94. The van der Waals surface area contributed by atoms with Crippen LogP contribution in [0, 0.1) is 11.6 Å². The van der Waals surface area contributed by atoms with E-state index in [9.17, 15) is 8.78 Å². The summed E-state index contributed by atoms with van der Waals surface area (Å²) in [6, 6.07) is 3.53. The van der Waals surface area contributed by atoms with Crippen molar-refractivity contribution in [1.82, 2.24) is 9.97 Å². The topological polar surface area (TPSA) is 29.0 Å². The minimum atomic E-state index is -0.966. The van der Waals surface area contributed by atoms with Gasteiger partial charge in [-0.2, -0.15) is 4.98 Å². The first kappa shape index (κ1) is 17.1. The minimum Gasteiger partial charge on any atom is -0.321 e. The maximum absolute atomic E-state index is 13.5. The van der Waals surface area contributed by atoms with Crippen molar-refractivity contribution in [3.8, 4) is 0 Å². The highest BCUT2D eigenvalue weighted by atomic mass is 79.9. The Kier molecular flexibility index (Phi) is 5.36. The van der Waals surface area contributed by atoms with E-state index in [4.69, 9.17) is 23.2 Å². The zero-order valence-corrected chi connectivity index (χ0v) is 14.5.